The Labute approximate surface area is 207 Å². The van der Waals surface area contributed by atoms with Crippen molar-refractivity contribution in [2.75, 3.05) is 13.1 Å². The third-order valence-electron chi connectivity index (χ3n) is 6.47. The van der Waals surface area contributed by atoms with Gasteiger partial charge >= 0.3 is 0 Å². The highest BCUT2D eigenvalue weighted by Crippen LogP contribution is 2.23. The first kappa shape index (κ1) is 26.1. The SMILES string of the molecule is CCCCNC(=O)[C@@H](CC)N(Cc1ccccc1C)C(=O)CCCN1C(=O)c2ccccc2C1=O. The van der Waals surface area contributed by atoms with Crippen LogP contribution in [0.3, 0.4) is 0 Å². The minimum absolute atomic E-state index is 0.137. The summed E-state index contributed by atoms with van der Waals surface area (Å²) >= 11 is 0. The molecule has 1 N–H and O–H groups in total. The first-order valence-corrected chi connectivity index (χ1v) is 12.5. The van der Waals surface area contributed by atoms with Crippen molar-refractivity contribution in [3.63, 3.8) is 0 Å². The molecule has 0 saturated carbocycles. The molecule has 4 amide bonds. The van der Waals surface area contributed by atoms with Gasteiger partial charge in [0.25, 0.3) is 11.8 Å². The molecule has 7 nitrogen and oxygen atoms in total. The second-order valence-electron chi connectivity index (χ2n) is 8.93. The van der Waals surface area contributed by atoms with Crippen molar-refractivity contribution in [3.05, 3.63) is 70.8 Å². The fraction of sp³-hybridized carbons (Fsp3) is 0.429. The molecule has 0 saturated heterocycles. The van der Waals surface area contributed by atoms with Gasteiger partial charge in [-0.25, -0.2) is 0 Å². The molecule has 1 aliphatic rings. The normalized spacial score (nSPS) is 13.5. The highest BCUT2D eigenvalue weighted by molar-refractivity contribution is 6.21. The molecule has 0 aromatic heterocycles. The number of nitrogens with zero attached hydrogens (tertiary/aromatic N) is 2. The minimum atomic E-state index is -0.585. The average Bonchev–Trinajstić information content (AvgIpc) is 3.10. The molecule has 3 rings (SSSR count). The number of hydrogen-bond acceptors (Lipinski definition) is 4. The maximum absolute atomic E-state index is 13.4. The molecule has 35 heavy (non-hydrogen) atoms. The zero-order valence-corrected chi connectivity index (χ0v) is 20.9. The summed E-state index contributed by atoms with van der Waals surface area (Å²) in [6, 6.07) is 14.0. The molecule has 0 unspecified atom stereocenters. The number of amides is 4. The predicted octanol–water partition coefficient (Wildman–Crippen LogP) is 4.09. The quantitative estimate of drug-likeness (QED) is 0.368. The van der Waals surface area contributed by atoms with Crippen LogP contribution in [0.2, 0.25) is 0 Å². The highest BCUT2D eigenvalue weighted by atomic mass is 16.2. The van der Waals surface area contributed by atoms with Gasteiger partial charge in [0.05, 0.1) is 11.1 Å². The number of benzene rings is 2. The van der Waals surface area contributed by atoms with Crippen molar-refractivity contribution in [3.8, 4) is 0 Å². The van der Waals surface area contributed by atoms with Crippen LogP contribution in [-0.2, 0) is 16.1 Å². The van der Waals surface area contributed by atoms with Crippen LogP contribution in [0.15, 0.2) is 48.5 Å². The molecule has 0 aliphatic carbocycles. The van der Waals surface area contributed by atoms with Gasteiger partial charge < -0.3 is 10.2 Å². The van der Waals surface area contributed by atoms with Crippen molar-refractivity contribution < 1.29 is 19.2 Å². The van der Waals surface area contributed by atoms with E-state index in [0.717, 1.165) is 24.0 Å². The zero-order valence-electron chi connectivity index (χ0n) is 20.9. The smallest absolute Gasteiger partial charge is 0.261 e. The Hall–Kier alpha value is -3.48. The van der Waals surface area contributed by atoms with Gasteiger partial charge in [-0.05, 0) is 49.4 Å². The van der Waals surface area contributed by atoms with Crippen LogP contribution in [0, 0.1) is 6.92 Å². The fourth-order valence-electron chi connectivity index (χ4n) is 4.37. The second kappa shape index (κ2) is 12.3. The first-order valence-electron chi connectivity index (χ1n) is 12.5. The van der Waals surface area contributed by atoms with Gasteiger partial charge in [0.1, 0.15) is 6.04 Å². The van der Waals surface area contributed by atoms with Crippen molar-refractivity contribution in [2.24, 2.45) is 0 Å². The highest BCUT2D eigenvalue weighted by Gasteiger charge is 2.35. The lowest BCUT2D eigenvalue weighted by atomic mass is 10.0. The van der Waals surface area contributed by atoms with E-state index in [1.807, 2.05) is 38.1 Å². The van der Waals surface area contributed by atoms with Crippen LogP contribution in [-0.4, -0.2) is 52.6 Å². The second-order valence-corrected chi connectivity index (χ2v) is 8.93. The van der Waals surface area contributed by atoms with Crippen molar-refractivity contribution in [1.82, 2.24) is 15.1 Å². The van der Waals surface area contributed by atoms with Gasteiger partial charge in [0, 0.05) is 26.1 Å². The molecule has 0 spiro atoms. The first-order chi connectivity index (χ1) is 16.9. The number of aryl methyl sites for hydroxylation is 1. The number of carbonyl (C=O) groups is 4. The van der Waals surface area contributed by atoms with Gasteiger partial charge in [-0.1, -0.05) is 56.7 Å². The van der Waals surface area contributed by atoms with Gasteiger partial charge in [-0.3, -0.25) is 24.1 Å². The Morgan fingerprint density at radius 1 is 0.943 bits per heavy atom. The van der Waals surface area contributed by atoms with Crippen molar-refractivity contribution in [2.45, 2.75) is 65.5 Å². The number of hydrogen-bond donors (Lipinski definition) is 1. The Balaban J connectivity index is 1.70. The summed E-state index contributed by atoms with van der Waals surface area (Å²) in [5.41, 5.74) is 2.85. The molecule has 0 bridgehead atoms. The monoisotopic (exact) mass is 477 g/mol. The molecule has 1 heterocycles. The molecule has 186 valence electrons. The van der Waals surface area contributed by atoms with E-state index in [-0.39, 0.29) is 36.6 Å². The van der Waals surface area contributed by atoms with E-state index in [4.69, 9.17) is 0 Å². The third kappa shape index (κ3) is 6.15. The van der Waals surface area contributed by atoms with Crippen LogP contribution < -0.4 is 5.32 Å². The van der Waals surface area contributed by atoms with Crippen LogP contribution in [0.25, 0.3) is 0 Å². The van der Waals surface area contributed by atoms with E-state index < -0.39 is 6.04 Å². The molecule has 1 atom stereocenters. The van der Waals surface area contributed by atoms with E-state index in [0.29, 0.717) is 37.1 Å². The maximum Gasteiger partial charge on any atom is 0.261 e. The largest absolute Gasteiger partial charge is 0.354 e. The average molecular weight is 478 g/mol. The molecular weight excluding hydrogens is 442 g/mol. The molecule has 0 fully saturated rings. The lowest BCUT2D eigenvalue weighted by Crippen LogP contribution is -2.49. The van der Waals surface area contributed by atoms with E-state index >= 15 is 0 Å². The summed E-state index contributed by atoms with van der Waals surface area (Å²) in [6.45, 7) is 7.03. The maximum atomic E-state index is 13.4. The summed E-state index contributed by atoms with van der Waals surface area (Å²) in [5.74, 6) is -0.960. The summed E-state index contributed by atoms with van der Waals surface area (Å²) < 4.78 is 0. The number of carbonyl (C=O) groups excluding carboxylic acids is 4. The predicted molar refractivity (Wildman–Crippen MR) is 135 cm³/mol. The summed E-state index contributed by atoms with van der Waals surface area (Å²) in [6.07, 6.45) is 2.82. The van der Waals surface area contributed by atoms with Crippen LogP contribution in [0.4, 0.5) is 0 Å². The van der Waals surface area contributed by atoms with Gasteiger partial charge in [0.15, 0.2) is 0 Å². The number of rotatable bonds is 12. The number of fused-ring (bicyclic) bond motifs is 1. The van der Waals surface area contributed by atoms with Crippen molar-refractivity contribution in [1.29, 1.82) is 0 Å². The standard InChI is InChI=1S/C28H35N3O4/c1-4-6-17-29-26(33)24(5-2)31(19-21-13-8-7-12-20(21)3)25(32)16-11-18-30-27(34)22-14-9-10-15-23(22)28(30)35/h7-10,12-15,24H,4-6,11,16-19H2,1-3H3,(H,29,33)/t24-/m1/s1. The molecule has 2 aromatic rings. The summed E-state index contributed by atoms with van der Waals surface area (Å²) in [7, 11) is 0. The third-order valence-corrected chi connectivity index (χ3v) is 6.47. The Morgan fingerprint density at radius 2 is 1.57 bits per heavy atom. The van der Waals surface area contributed by atoms with Crippen LogP contribution in [0.5, 0.6) is 0 Å². The number of nitrogens with one attached hydrogen (secondary N) is 1. The van der Waals surface area contributed by atoms with E-state index in [9.17, 15) is 19.2 Å². The van der Waals surface area contributed by atoms with Gasteiger partial charge in [-0.15, -0.1) is 0 Å². The molecular formula is C28H35N3O4. The van der Waals surface area contributed by atoms with Gasteiger partial charge in [0.2, 0.25) is 11.8 Å². The Morgan fingerprint density at radius 3 is 2.17 bits per heavy atom. The molecule has 1 aliphatic heterocycles. The Bertz CT molecular complexity index is 1050. The van der Waals surface area contributed by atoms with Crippen LogP contribution >= 0.6 is 0 Å². The lowest BCUT2D eigenvalue weighted by molar-refractivity contribution is -0.141. The van der Waals surface area contributed by atoms with Crippen LogP contribution in [0.1, 0.15) is 77.8 Å². The van der Waals surface area contributed by atoms with Crippen molar-refractivity contribution >= 4 is 23.6 Å². The number of imide groups is 1. The summed E-state index contributed by atoms with van der Waals surface area (Å²) in [5, 5.41) is 2.96. The molecule has 0 radical (unpaired) electrons. The fourth-order valence-corrected chi connectivity index (χ4v) is 4.37. The van der Waals surface area contributed by atoms with E-state index in [2.05, 4.69) is 12.2 Å². The van der Waals surface area contributed by atoms with E-state index in [1.165, 1.54) is 4.90 Å². The Kier molecular flexibility index (Phi) is 9.18. The number of unbranched alkanes of at least 4 members (excludes halogenated alkanes) is 1. The minimum Gasteiger partial charge on any atom is -0.354 e. The topological polar surface area (TPSA) is 86.8 Å². The zero-order chi connectivity index (χ0) is 25.4. The summed E-state index contributed by atoms with van der Waals surface area (Å²) in [4.78, 5) is 54.5. The molecule has 2 aromatic carbocycles. The van der Waals surface area contributed by atoms with Gasteiger partial charge in [-0.2, -0.15) is 0 Å². The molecule has 7 heteroatoms. The van der Waals surface area contributed by atoms with E-state index in [1.54, 1.807) is 29.2 Å². The lowest BCUT2D eigenvalue weighted by Gasteiger charge is -2.31.